The maximum atomic E-state index is 13.4. The Balaban J connectivity index is 2.41. The van der Waals surface area contributed by atoms with Gasteiger partial charge in [0.2, 0.25) is 0 Å². The number of benzene rings is 2. The highest BCUT2D eigenvalue weighted by Crippen LogP contribution is 2.33. The van der Waals surface area contributed by atoms with Gasteiger partial charge in [0.05, 0.1) is 16.6 Å². The Morgan fingerprint density at radius 2 is 2.05 bits per heavy atom. The van der Waals surface area contributed by atoms with Gasteiger partial charge in [0.15, 0.2) is 0 Å². The first-order chi connectivity index (χ1) is 9.04. The van der Waals surface area contributed by atoms with Crippen LogP contribution in [0.2, 0.25) is 5.02 Å². The highest BCUT2D eigenvalue weighted by atomic mass is 79.9. The van der Waals surface area contributed by atoms with E-state index in [-0.39, 0.29) is 5.02 Å². The van der Waals surface area contributed by atoms with E-state index in [1.54, 1.807) is 31.4 Å². The molecule has 1 unspecified atom stereocenters. The summed E-state index contributed by atoms with van der Waals surface area (Å²) in [6.45, 7) is 0. The van der Waals surface area contributed by atoms with Crippen molar-refractivity contribution in [2.75, 3.05) is 7.11 Å². The van der Waals surface area contributed by atoms with Crippen molar-refractivity contribution >= 4 is 27.5 Å². The average molecular weight is 346 g/mol. The molecule has 0 aliphatic heterocycles. The van der Waals surface area contributed by atoms with Crippen LogP contribution in [0.25, 0.3) is 0 Å². The highest BCUT2D eigenvalue weighted by molar-refractivity contribution is 9.10. The van der Waals surface area contributed by atoms with Crippen molar-refractivity contribution in [3.05, 3.63) is 62.8 Å². The Morgan fingerprint density at radius 3 is 2.68 bits per heavy atom. The molecule has 19 heavy (non-hydrogen) atoms. The molecule has 0 saturated heterocycles. The van der Waals surface area contributed by atoms with E-state index in [2.05, 4.69) is 15.9 Å². The van der Waals surface area contributed by atoms with Gasteiger partial charge in [0.1, 0.15) is 17.7 Å². The summed E-state index contributed by atoms with van der Waals surface area (Å²) in [5, 5.41) is 10.2. The van der Waals surface area contributed by atoms with Crippen molar-refractivity contribution in [1.82, 2.24) is 0 Å². The molecule has 5 heteroatoms. The van der Waals surface area contributed by atoms with Gasteiger partial charge in [-0.3, -0.25) is 0 Å². The van der Waals surface area contributed by atoms with Crippen molar-refractivity contribution in [3.63, 3.8) is 0 Å². The van der Waals surface area contributed by atoms with Crippen molar-refractivity contribution in [2.24, 2.45) is 0 Å². The standard InChI is InChI=1S/C14H11BrClFO2/c1-19-12-6-5-8(7-10(12)15)14(18)9-3-2-4-11(17)13(9)16/h2-7,14,18H,1H3. The number of hydrogen-bond acceptors (Lipinski definition) is 2. The van der Waals surface area contributed by atoms with Gasteiger partial charge in [-0.05, 0) is 39.7 Å². The molecule has 0 heterocycles. The number of methoxy groups -OCH3 is 1. The minimum absolute atomic E-state index is 0.0676. The van der Waals surface area contributed by atoms with Crippen LogP contribution in [-0.2, 0) is 0 Å². The Morgan fingerprint density at radius 1 is 1.32 bits per heavy atom. The van der Waals surface area contributed by atoms with E-state index < -0.39 is 11.9 Å². The lowest BCUT2D eigenvalue weighted by Crippen LogP contribution is -2.02. The van der Waals surface area contributed by atoms with Gasteiger partial charge in [-0.15, -0.1) is 0 Å². The lowest BCUT2D eigenvalue weighted by molar-refractivity contribution is 0.219. The van der Waals surface area contributed by atoms with Gasteiger partial charge in [-0.2, -0.15) is 0 Å². The van der Waals surface area contributed by atoms with Crippen molar-refractivity contribution in [3.8, 4) is 5.75 Å². The molecule has 2 aromatic rings. The Bertz CT molecular complexity index is 604. The Hall–Kier alpha value is -1.10. The number of ether oxygens (including phenoxy) is 1. The van der Waals surface area contributed by atoms with Gasteiger partial charge in [0, 0.05) is 5.56 Å². The highest BCUT2D eigenvalue weighted by Gasteiger charge is 2.17. The first kappa shape index (κ1) is 14.3. The molecule has 0 bridgehead atoms. The van der Waals surface area contributed by atoms with Crippen LogP contribution in [0, 0.1) is 5.82 Å². The molecule has 0 spiro atoms. The predicted octanol–water partition coefficient (Wildman–Crippen LogP) is 4.33. The molecule has 0 aliphatic carbocycles. The summed E-state index contributed by atoms with van der Waals surface area (Å²) in [6, 6.07) is 9.49. The van der Waals surface area contributed by atoms with E-state index in [1.165, 1.54) is 12.1 Å². The second kappa shape index (κ2) is 5.90. The average Bonchev–Trinajstić information content (AvgIpc) is 2.41. The van der Waals surface area contributed by atoms with Gasteiger partial charge in [-0.1, -0.05) is 29.8 Å². The number of aliphatic hydroxyl groups excluding tert-OH is 1. The molecular weight excluding hydrogens is 335 g/mol. The fourth-order valence-electron chi connectivity index (χ4n) is 1.76. The van der Waals surface area contributed by atoms with E-state index >= 15 is 0 Å². The number of aliphatic hydroxyl groups is 1. The third-order valence-electron chi connectivity index (χ3n) is 2.77. The molecular formula is C14H11BrClFO2. The van der Waals surface area contributed by atoms with Crippen LogP contribution in [0.1, 0.15) is 17.2 Å². The lowest BCUT2D eigenvalue weighted by atomic mass is 10.0. The number of rotatable bonds is 3. The van der Waals surface area contributed by atoms with Gasteiger partial charge < -0.3 is 9.84 Å². The molecule has 0 fully saturated rings. The number of halogens is 3. The first-order valence-electron chi connectivity index (χ1n) is 5.50. The van der Waals surface area contributed by atoms with E-state index in [0.717, 1.165) is 0 Å². The summed E-state index contributed by atoms with van der Waals surface area (Å²) in [4.78, 5) is 0. The van der Waals surface area contributed by atoms with E-state index in [0.29, 0.717) is 21.3 Å². The zero-order valence-corrected chi connectivity index (χ0v) is 12.4. The van der Waals surface area contributed by atoms with Crippen LogP contribution in [0.15, 0.2) is 40.9 Å². The molecule has 100 valence electrons. The minimum atomic E-state index is -0.995. The van der Waals surface area contributed by atoms with E-state index in [1.807, 2.05) is 0 Å². The molecule has 2 rings (SSSR count). The molecule has 0 aliphatic rings. The largest absolute Gasteiger partial charge is 0.496 e. The normalized spacial score (nSPS) is 12.3. The van der Waals surface area contributed by atoms with Crippen molar-refractivity contribution in [2.45, 2.75) is 6.10 Å². The maximum Gasteiger partial charge on any atom is 0.142 e. The first-order valence-corrected chi connectivity index (χ1v) is 6.67. The second-order valence-corrected chi connectivity index (χ2v) is 5.17. The summed E-state index contributed by atoms with van der Waals surface area (Å²) < 4.78 is 19.2. The van der Waals surface area contributed by atoms with Gasteiger partial charge >= 0.3 is 0 Å². The van der Waals surface area contributed by atoms with Crippen LogP contribution in [-0.4, -0.2) is 12.2 Å². The fourth-order valence-corrected chi connectivity index (χ4v) is 2.55. The van der Waals surface area contributed by atoms with E-state index in [4.69, 9.17) is 16.3 Å². The molecule has 0 radical (unpaired) electrons. The maximum absolute atomic E-state index is 13.4. The lowest BCUT2D eigenvalue weighted by Gasteiger charge is -2.14. The third-order valence-corrected chi connectivity index (χ3v) is 3.79. The minimum Gasteiger partial charge on any atom is -0.496 e. The van der Waals surface area contributed by atoms with Gasteiger partial charge in [0.25, 0.3) is 0 Å². The molecule has 0 amide bonds. The third kappa shape index (κ3) is 2.91. The molecule has 2 aromatic carbocycles. The number of hydrogen-bond donors (Lipinski definition) is 1. The fraction of sp³-hybridized carbons (Fsp3) is 0.143. The summed E-state index contributed by atoms with van der Waals surface area (Å²) in [5.41, 5.74) is 0.930. The molecule has 0 aromatic heterocycles. The Kier molecular flexibility index (Phi) is 4.45. The monoisotopic (exact) mass is 344 g/mol. The molecule has 1 N–H and O–H groups in total. The van der Waals surface area contributed by atoms with Crippen LogP contribution in [0.5, 0.6) is 5.75 Å². The van der Waals surface area contributed by atoms with Crippen molar-refractivity contribution in [1.29, 1.82) is 0 Å². The quantitative estimate of drug-likeness (QED) is 0.897. The topological polar surface area (TPSA) is 29.5 Å². The summed E-state index contributed by atoms with van der Waals surface area (Å²) in [5.74, 6) is 0.104. The predicted molar refractivity (Wildman–Crippen MR) is 76.2 cm³/mol. The van der Waals surface area contributed by atoms with Gasteiger partial charge in [-0.25, -0.2) is 4.39 Å². The van der Waals surface area contributed by atoms with Crippen LogP contribution >= 0.6 is 27.5 Å². The van der Waals surface area contributed by atoms with E-state index in [9.17, 15) is 9.50 Å². The van der Waals surface area contributed by atoms with Crippen LogP contribution in [0.3, 0.4) is 0 Å². The Labute approximate surface area is 123 Å². The van der Waals surface area contributed by atoms with Crippen molar-refractivity contribution < 1.29 is 14.2 Å². The zero-order valence-electron chi connectivity index (χ0n) is 10.0. The molecule has 0 saturated carbocycles. The zero-order chi connectivity index (χ0) is 14.0. The molecule has 1 atom stereocenters. The SMILES string of the molecule is COc1ccc(C(O)c2cccc(F)c2Cl)cc1Br. The summed E-state index contributed by atoms with van der Waals surface area (Å²) >= 11 is 9.20. The van der Waals surface area contributed by atoms with Crippen LogP contribution < -0.4 is 4.74 Å². The van der Waals surface area contributed by atoms with Crippen LogP contribution in [0.4, 0.5) is 4.39 Å². The molecule has 2 nitrogen and oxygen atoms in total. The summed E-state index contributed by atoms with van der Waals surface area (Å²) in [7, 11) is 1.56. The second-order valence-electron chi connectivity index (χ2n) is 3.94. The smallest absolute Gasteiger partial charge is 0.142 e. The summed E-state index contributed by atoms with van der Waals surface area (Å²) in [6.07, 6.45) is -0.995.